The summed E-state index contributed by atoms with van der Waals surface area (Å²) in [4.78, 5) is 22.5. The van der Waals surface area contributed by atoms with Crippen LogP contribution in [0.2, 0.25) is 0 Å². The van der Waals surface area contributed by atoms with Crippen molar-refractivity contribution in [3.63, 3.8) is 0 Å². The van der Waals surface area contributed by atoms with E-state index in [0.717, 1.165) is 29.7 Å². The molecule has 2 aromatic carbocycles. The smallest absolute Gasteiger partial charge is 0.260 e. The monoisotopic (exact) mass is 551 g/mol. The van der Waals surface area contributed by atoms with E-state index in [0.29, 0.717) is 30.6 Å². The number of amides is 1. The van der Waals surface area contributed by atoms with E-state index in [-0.39, 0.29) is 37.2 Å². The lowest BCUT2D eigenvalue weighted by Gasteiger charge is -2.25. The molecule has 2 fully saturated rings. The molecule has 2 atom stereocenters. The van der Waals surface area contributed by atoms with E-state index >= 15 is 0 Å². The second kappa shape index (κ2) is 10.7. The van der Waals surface area contributed by atoms with Crippen molar-refractivity contribution in [3.8, 4) is 11.5 Å². The van der Waals surface area contributed by atoms with Gasteiger partial charge in [-0.2, -0.15) is 4.31 Å². The normalized spacial score (nSPS) is 23.2. The van der Waals surface area contributed by atoms with Crippen LogP contribution in [-0.4, -0.2) is 71.3 Å². The highest BCUT2D eigenvalue weighted by molar-refractivity contribution is 7.89. The number of imidazole rings is 1. The van der Waals surface area contributed by atoms with Crippen molar-refractivity contribution in [2.24, 2.45) is 0 Å². The Bertz CT molecular complexity index is 1450. The third kappa shape index (κ3) is 5.86. The van der Waals surface area contributed by atoms with Crippen molar-refractivity contribution >= 4 is 15.9 Å². The number of ether oxygens (including phenoxy) is 2. The molecule has 11 heteroatoms. The number of aromatic nitrogens is 2. The summed E-state index contributed by atoms with van der Waals surface area (Å²) in [6.07, 6.45) is 3.55. The Hall–Kier alpha value is -3.25. The third-order valence-electron chi connectivity index (χ3n) is 7.43. The van der Waals surface area contributed by atoms with E-state index in [1.54, 1.807) is 0 Å². The first kappa shape index (κ1) is 26.0. The first-order valence-corrected chi connectivity index (χ1v) is 14.9. The van der Waals surface area contributed by atoms with E-state index in [4.69, 9.17) is 9.47 Å². The van der Waals surface area contributed by atoms with Crippen LogP contribution in [0.5, 0.6) is 11.5 Å². The van der Waals surface area contributed by atoms with Gasteiger partial charge in [0.15, 0.2) is 5.03 Å². The molecule has 1 amide bonds. The van der Waals surface area contributed by atoms with Gasteiger partial charge in [-0.3, -0.25) is 9.69 Å². The van der Waals surface area contributed by atoms with Gasteiger partial charge < -0.3 is 19.8 Å². The largest absolute Gasteiger partial charge is 0.457 e. The zero-order chi connectivity index (χ0) is 27.0. The number of carbonyl (C=O) groups is 1. The number of nitrogens with one attached hydrogen (secondary N) is 2. The lowest BCUT2D eigenvalue weighted by Crippen LogP contribution is -2.48. The molecule has 1 aliphatic carbocycles. The second-order valence-corrected chi connectivity index (χ2v) is 12.3. The summed E-state index contributed by atoms with van der Waals surface area (Å²) >= 11 is 0. The second-order valence-electron chi connectivity index (χ2n) is 10.4. The molecule has 39 heavy (non-hydrogen) atoms. The van der Waals surface area contributed by atoms with E-state index in [1.807, 2.05) is 55.5 Å². The first-order chi connectivity index (χ1) is 18.9. The summed E-state index contributed by atoms with van der Waals surface area (Å²) in [5.74, 6) is 1.90. The number of aryl methyl sites for hydroxylation is 1. The van der Waals surface area contributed by atoms with Crippen molar-refractivity contribution in [1.82, 2.24) is 24.5 Å². The number of benzene rings is 2. The number of sulfonamides is 1. The highest BCUT2D eigenvalue weighted by Gasteiger charge is 2.42. The SMILES string of the molecule is CCc1ncc(S(=O)(=O)N2C[C@@H]3NC(=O)CN(C4CC4)Cc4cccc(c4)Oc4cccc(c4)CO[C@H]3C2)[nH]1. The maximum absolute atomic E-state index is 13.4. The fourth-order valence-electron chi connectivity index (χ4n) is 5.21. The maximum atomic E-state index is 13.4. The van der Waals surface area contributed by atoms with Crippen molar-refractivity contribution < 1.29 is 22.7 Å². The van der Waals surface area contributed by atoms with Crippen LogP contribution in [0.3, 0.4) is 0 Å². The molecule has 3 aromatic rings. The van der Waals surface area contributed by atoms with E-state index in [1.165, 1.54) is 10.5 Å². The minimum absolute atomic E-state index is 0.0509. The van der Waals surface area contributed by atoms with Crippen LogP contribution >= 0.6 is 0 Å². The number of hydrogen-bond acceptors (Lipinski definition) is 7. The van der Waals surface area contributed by atoms with Gasteiger partial charge in [0, 0.05) is 32.1 Å². The van der Waals surface area contributed by atoms with Crippen LogP contribution in [-0.2, 0) is 39.1 Å². The lowest BCUT2D eigenvalue weighted by molar-refractivity contribution is -0.124. The van der Waals surface area contributed by atoms with Gasteiger partial charge in [0.2, 0.25) is 5.91 Å². The van der Waals surface area contributed by atoms with E-state index < -0.39 is 22.2 Å². The molecule has 2 aliphatic heterocycles. The number of hydrogen-bond donors (Lipinski definition) is 2. The zero-order valence-electron chi connectivity index (χ0n) is 21.9. The minimum atomic E-state index is -3.83. The molecule has 1 aromatic heterocycles. The lowest BCUT2D eigenvalue weighted by atomic mass is 10.1. The van der Waals surface area contributed by atoms with Gasteiger partial charge in [-0.1, -0.05) is 31.2 Å². The standard InChI is InChI=1S/C28H33N5O5S/c1-2-26-29-13-28(31-26)39(35,36)33-15-24-25(16-33)37-18-20-6-4-8-23(12-20)38-22-7-3-5-19(11-22)14-32(21-9-10-21)17-27(34)30-24/h3-8,11-13,21,24-25H,2,9-10,14-18H2,1H3,(H,29,31)(H,30,34)/t24-,25-/m0/s1. The summed E-state index contributed by atoms with van der Waals surface area (Å²) in [5, 5.41) is 3.15. The molecule has 3 heterocycles. The molecule has 1 saturated heterocycles. The quantitative estimate of drug-likeness (QED) is 0.512. The molecule has 0 spiro atoms. The van der Waals surface area contributed by atoms with E-state index in [2.05, 4.69) is 20.2 Å². The summed E-state index contributed by atoms with van der Waals surface area (Å²) in [6.45, 7) is 3.25. The Balaban J connectivity index is 1.28. The van der Waals surface area contributed by atoms with Gasteiger partial charge in [0.1, 0.15) is 17.3 Å². The predicted octanol–water partition coefficient (Wildman–Crippen LogP) is 2.82. The van der Waals surface area contributed by atoms with E-state index in [9.17, 15) is 13.2 Å². The summed E-state index contributed by atoms with van der Waals surface area (Å²) < 4.78 is 40.6. The van der Waals surface area contributed by atoms with Gasteiger partial charge in [-0.25, -0.2) is 13.4 Å². The van der Waals surface area contributed by atoms with Gasteiger partial charge in [-0.05, 0) is 48.2 Å². The third-order valence-corrected chi connectivity index (χ3v) is 9.17. The number of aromatic amines is 1. The minimum Gasteiger partial charge on any atom is -0.457 e. The molecule has 0 radical (unpaired) electrons. The Kier molecular flexibility index (Phi) is 7.15. The van der Waals surface area contributed by atoms with Gasteiger partial charge in [0.25, 0.3) is 10.0 Å². The molecule has 3 aliphatic rings. The summed E-state index contributed by atoms with van der Waals surface area (Å²) in [7, 11) is -3.83. The van der Waals surface area contributed by atoms with Gasteiger partial charge in [0.05, 0.1) is 31.5 Å². The van der Waals surface area contributed by atoms with Crippen LogP contribution in [0.25, 0.3) is 0 Å². The van der Waals surface area contributed by atoms with Crippen LogP contribution in [0.15, 0.2) is 59.8 Å². The van der Waals surface area contributed by atoms with Crippen LogP contribution < -0.4 is 10.1 Å². The molecule has 0 unspecified atom stereocenters. The number of rotatable bonds is 4. The number of carbonyl (C=O) groups excluding carboxylic acids is 1. The van der Waals surface area contributed by atoms with Crippen LogP contribution in [0, 0.1) is 0 Å². The summed E-state index contributed by atoms with van der Waals surface area (Å²) in [6, 6.07) is 15.5. The first-order valence-electron chi connectivity index (χ1n) is 13.4. The highest BCUT2D eigenvalue weighted by Crippen LogP contribution is 2.30. The fourth-order valence-corrected chi connectivity index (χ4v) is 6.62. The molecule has 206 valence electrons. The summed E-state index contributed by atoms with van der Waals surface area (Å²) in [5.41, 5.74) is 1.96. The molecule has 1 saturated carbocycles. The Morgan fingerprint density at radius 3 is 2.49 bits per heavy atom. The Morgan fingerprint density at radius 2 is 1.77 bits per heavy atom. The van der Waals surface area contributed by atoms with Crippen molar-refractivity contribution in [2.45, 2.75) is 62.6 Å². The zero-order valence-corrected chi connectivity index (χ0v) is 22.7. The molecule has 2 N–H and O–H groups in total. The Labute approximate surface area is 228 Å². The topological polar surface area (TPSA) is 117 Å². The highest BCUT2D eigenvalue weighted by atomic mass is 32.2. The Morgan fingerprint density at radius 1 is 1.03 bits per heavy atom. The average Bonchev–Trinajstić information content (AvgIpc) is 3.50. The van der Waals surface area contributed by atoms with Gasteiger partial charge >= 0.3 is 0 Å². The predicted molar refractivity (Wildman–Crippen MR) is 144 cm³/mol. The van der Waals surface area contributed by atoms with Crippen molar-refractivity contribution in [2.75, 3.05) is 19.6 Å². The van der Waals surface area contributed by atoms with Crippen LogP contribution in [0.1, 0.15) is 36.7 Å². The molecule has 10 nitrogen and oxygen atoms in total. The molecule has 6 rings (SSSR count). The molecular weight excluding hydrogens is 518 g/mol. The molecular formula is C28H33N5O5S. The van der Waals surface area contributed by atoms with Crippen molar-refractivity contribution in [1.29, 1.82) is 0 Å². The maximum Gasteiger partial charge on any atom is 0.260 e. The van der Waals surface area contributed by atoms with Crippen LogP contribution in [0.4, 0.5) is 0 Å². The average molecular weight is 552 g/mol. The fraction of sp³-hybridized carbons (Fsp3) is 0.429. The number of H-pyrrole nitrogens is 1. The molecule has 4 bridgehead atoms. The number of fused-ring (bicyclic) bond motifs is 5. The van der Waals surface area contributed by atoms with Gasteiger partial charge in [-0.15, -0.1) is 0 Å². The van der Waals surface area contributed by atoms with Crippen molar-refractivity contribution in [3.05, 3.63) is 71.7 Å². The number of nitrogens with zero attached hydrogens (tertiary/aromatic N) is 3.